The van der Waals surface area contributed by atoms with Crippen LogP contribution < -0.4 is 0 Å². The third-order valence-corrected chi connectivity index (χ3v) is 9.36. The molecule has 0 fully saturated rings. The maximum atomic E-state index is 6.74. The number of thiophene rings is 1. The highest BCUT2D eigenvalue weighted by molar-refractivity contribution is 7.22. The zero-order valence-electron chi connectivity index (χ0n) is 26.3. The van der Waals surface area contributed by atoms with E-state index in [9.17, 15) is 0 Å². The molecule has 0 saturated carbocycles. The van der Waals surface area contributed by atoms with Gasteiger partial charge in [0.1, 0.15) is 11.2 Å². The summed E-state index contributed by atoms with van der Waals surface area (Å²) in [5, 5.41) is 6.04. The van der Waals surface area contributed by atoms with Crippen molar-refractivity contribution >= 4 is 54.1 Å². The molecule has 2 nitrogen and oxygen atoms in total. The third kappa shape index (κ3) is 5.36. The van der Waals surface area contributed by atoms with Gasteiger partial charge in [-0.2, -0.15) is 0 Å². The maximum absolute atomic E-state index is 6.74. The summed E-state index contributed by atoms with van der Waals surface area (Å²) in [6, 6.07) is 29.2. The lowest BCUT2D eigenvalue weighted by molar-refractivity contribution is 0.411. The highest BCUT2D eigenvalue weighted by Gasteiger charge is 2.20. The zero-order valence-corrected chi connectivity index (χ0v) is 27.1. The van der Waals surface area contributed by atoms with Crippen LogP contribution in [-0.4, -0.2) is 4.98 Å². The molecule has 3 heterocycles. The van der Waals surface area contributed by atoms with Gasteiger partial charge in [0.2, 0.25) is 0 Å². The number of hydrogen-bond acceptors (Lipinski definition) is 3. The number of aryl methyl sites for hydroxylation is 1. The minimum atomic E-state index is 0.209. The fourth-order valence-electron chi connectivity index (χ4n) is 6.45. The first-order chi connectivity index (χ1) is 20.4. The van der Waals surface area contributed by atoms with Crippen molar-refractivity contribution in [2.24, 2.45) is 10.8 Å². The van der Waals surface area contributed by atoms with Crippen molar-refractivity contribution < 1.29 is 4.42 Å². The van der Waals surface area contributed by atoms with Crippen LogP contribution in [0.3, 0.4) is 0 Å². The Bertz CT molecular complexity index is 2160. The Kier molecular flexibility index (Phi) is 6.52. The summed E-state index contributed by atoms with van der Waals surface area (Å²) in [5.74, 6) is 0. The van der Waals surface area contributed by atoms with Gasteiger partial charge < -0.3 is 4.42 Å². The molecule has 3 aromatic heterocycles. The van der Waals surface area contributed by atoms with Crippen LogP contribution >= 0.6 is 11.3 Å². The van der Waals surface area contributed by atoms with Gasteiger partial charge in [-0.3, -0.25) is 4.98 Å². The lowest BCUT2D eigenvalue weighted by Gasteiger charge is -2.17. The summed E-state index contributed by atoms with van der Waals surface area (Å²) in [7, 11) is 0. The standard InChI is InChI=1S/C40H39NOS/c1-24-23-41-33(20-31(24)36-19-28-14-12-26(17-35(28)43-36)22-40(5,6)7)32-18-27-10-8-9-11-29(27)37-30-15-13-25(21-39(2,3)4)16-34(30)42-38(32)37/h8-20,23H,21-22H2,1-7H3. The molecule has 0 atom stereocenters. The smallest absolute Gasteiger partial charge is 0.145 e. The van der Waals surface area contributed by atoms with E-state index < -0.39 is 0 Å². The molecule has 0 spiro atoms. The van der Waals surface area contributed by atoms with Gasteiger partial charge in [0.05, 0.1) is 5.69 Å². The molecule has 3 heteroatoms. The Morgan fingerprint density at radius 2 is 1.42 bits per heavy atom. The van der Waals surface area contributed by atoms with E-state index in [2.05, 4.69) is 127 Å². The Balaban J connectivity index is 1.39. The molecule has 43 heavy (non-hydrogen) atoms. The molecule has 0 amide bonds. The summed E-state index contributed by atoms with van der Waals surface area (Å²) < 4.78 is 8.08. The number of rotatable bonds is 4. The van der Waals surface area contributed by atoms with Gasteiger partial charge in [-0.05, 0) is 99.3 Å². The summed E-state index contributed by atoms with van der Waals surface area (Å²) in [6.07, 6.45) is 4.09. The molecule has 7 rings (SSSR count). The topological polar surface area (TPSA) is 26.0 Å². The van der Waals surface area contributed by atoms with Crippen molar-refractivity contribution in [2.75, 3.05) is 0 Å². The van der Waals surface area contributed by atoms with Crippen molar-refractivity contribution in [1.29, 1.82) is 0 Å². The second-order valence-electron chi connectivity index (χ2n) is 14.6. The predicted octanol–water partition coefficient (Wildman–Crippen LogP) is 12.2. The molecule has 0 N–H and O–H groups in total. The minimum Gasteiger partial charge on any atom is -0.455 e. The van der Waals surface area contributed by atoms with Gasteiger partial charge in [-0.25, -0.2) is 0 Å². The second-order valence-corrected chi connectivity index (χ2v) is 15.7. The van der Waals surface area contributed by atoms with E-state index in [4.69, 9.17) is 9.40 Å². The van der Waals surface area contributed by atoms with Crippen LogP contribution in [0.15, 0.2) is 89.5 Å². The molecular weight excluding hydrogens is 543 g/mol. The molecule has 0 aliphatic rings. The monoisotopic (exact) mass is 581 g/mol. The number of furan rings is 1. The van der Waals surface area contributed by atoms with Gasteiger partial charge >= 0.3 is 0 Å². The number of aromatic nitrogens is 1. The predicted molar refractivity (Wildman–Crippen MR) is 186 cm³/mol. The van der Waals surface area contributed by atoms with E-state index in [1.54, 1.807) is 0 Å². The third-order valence-electron chi connectivity index (χ3n) is 8.23. The quantitative estimate of drug-likeness (QED) is 0.207. The summed E-state index contributed by atoms with van der Waals surface area (Å²) in [4.78, 5) is 6.26. The van der Waals surface area contributed by atoms with Crippen LogP contribution in [0.5, 0.6) is 0 Å². The zero-order chi connectivity index (χ0) is 30.1. The summed E-state index contributed by atoms with van der Waals surface area (Å²) in [5.41, 5.74) is 9.41. The second kappa shape index (κ2) is 10.1. The first kappa shape index (κ1) is 27.9. The fourth-order valence-corrected chi connectivity index (χ4v) is 7.66. The molecule has 0 aliphatic heterocycles. The van der Waals surface area contributed by atoms with Crippen LogP contribution in [-0.2, 0) is 12.8 Å². The highest BCUT2D eigenvalue weighted by atomic mass is 32.1. The van der Waals surface area contributed by atoms with Crippen molar-refractivity contribution in [3.05, 3.63) is 102 Å². The average molecular weight is 582 g/mol. The SMILES string of the molecule is Cc1cnc(-c2cc3ccccc3c3c2oc2cc(CC(C)(C)C)ccc23)cc1-c1cc2ccc(CC(C)(C)C)cc2s1. The molecule has 216 valence electrons. The first-order valence-corrected chi connectivity index (χ1v) is 16.1. The van der Waals surface area contributed by atoms with Crippen LogP contribution in [0.2, 0.25) is 0 Å². The largest absolute Gasteiger partial charge is 0.455 e. The van der Waals surface area contributed by atoms with Crippen molar-refractivity contribution in [3.63, 3.8) is 0 Å². The number of hydrogen-bond donors (Lipinski definition) is 0. The van der Waals surface area contributed by atoms with Crippen LogP contribution in [0.4, 0.5) is 0 Å². The van der Waals surface area contributed by atoms with Crippen molar-refractivity contribution in [2.45, 2.75) is 61.3 Å². The summed E-state index contributed by atoms with van der Waals surface area (Å²) in [6.45, 7) is 15.9. The van der Waals surface area contributed by atoms with E-state index in [0.29, 0.717) is 0 Å². The maximum Gasteiger partial charge on any atom is 0.145 e. The Labute approximate surface area is 258 Å². The van der Waals surface area contributed by atoms with Crippen LogP contribution in [0.1, 0.15) is 58.2 Å². The minimum absolute atomic E-state index is 0.209. The molecular formula is C40H39NOS. The van der Waals surface area contributed by atoms with Crippen LogP contribution in [0.25, 0.3) is 64.5 Å². The fraction of sp³-hybridized carbons (Fsp3) is 0.275. The first-order valence-electron chi connectivity index (χ1n) is 15.3. The molecule has 0 unspecified atom stereocenters. The molecule has 4 aromatic carbocycles. The molecule has 0 saturated heterocycles. The van der Waals surface area contributed by atoms with E-state index in [0.717, 1.165) is 40.7 Å². The molecule has 0 aliphatic carbocycles. The van der Waals surface area contributed by atoms with Crippen LogP contribution in [0, 0.1) is 17.8 Å². The molecule has 7 aromatic rings. The lowest BCUT2D eigenvalue weighted by atomic mass is 9.88. The average Bonchev–Trinajstić information content (AvgIpc) is 3.52. The highest BCUT2D eigenvalue weighted by Crippen LogP contribution is 2.43. The lowest BCUT2D eigenvalue weighted by Crippen LogP contribution is -2.08. The normalized spacial score (nSPS) is 12.7. The summed E-state index contributed by atoms with van der Waals surface area (Å²) >= 11 is 1.87. The van der Waals surface area contributed by atoms with E-state index in [1.807, 2.05) is 17.5 Å². The number of pyridine rings is 1. The molecule has 0 radical (unpaired) electrons. The van der Waals surface area contributed by atoms with E-state index in [1.165, 1.54) is 53.4 Å². The van der Waals surface area contributed by atoms with E-state index in [-0.39, 0.29) is 10.8 Å². The van der Waals surface area contributed by atoms with E-state index >= 15 is 0 Å². The van der Waals surface area contributed by atoms with Gasteiger partial charge in [-0.1, -0.05) is 90.1 Å². The van der Waals surface area contributed by atoms with Crippen molar-refractivity contribution in [1.82, 2.24) is 4.98 Å². The van der Waals surface area contributed by atoms with Gasteiger partial charge in [0, 0.05) is 32.1 Å². The number of fused-ring (bicyclic) bond motifs is 6. The number of benzene rings is 4. The van der Waals surface area contributed by atoms with Gasteiger partial charge in [0.15, 0.2) is 0 Å². The number of nitrogens with zero attached hydrogens (tertiary/aromatic N) is 1. The Morgan fingerprint density at radius 1 is 0.698 bits per heavy atom. The Morgan fingerprint density at radius 3 is 2.19 bits per heavy atom. The van der Waals surface area contributed by atoms with Gasteiger partial charge in [0.25, 0.3) is 0 Å². The van der Waals surface area contributed by atoms with Crippen molar-refractivity contribution in [3.8, 4) is 21.7 Å². The molecule has 0 bridgehead atoms. The Hall–Kier alpha value is -3.95. The van der Waals surface area contributed by atoms with Gasteiger partial charge in [-0.15, -0.1) is 11.3 Å².